The van der Waals surface area contributed by atoms with Crippen LogP contribution in [0.4, 0.5) is 0 Å². The first-order chi connectivity index (χ1) is 6.86. The SMILES string of the molecule is Clc1cccc([C@H]2CNCCCN2)c1. The summed E-state index contributed by atoms with van der Waals surface area (Å²) in [5, 5.41) is 7.73. The summed E-state index contributed by atoms with van der Waals surface area (Å²) in [7, 11) is 0. The fraction of sp³-hybridized carbons (Fsp3) is 0.455. The fourth-order valence-corrected chi connectivity index (χ4v) is 1.97. The van der Waals surface area contributed by atoms with Crippen molar-refractivity contribution in [3.63, 3.8) is 0 Å². The Morgan fingerprint density at radius 2 is 2.21 bits per heavy atom. The molecule has 14 heavy (non-hydrogen) atoms. The van der Waals surface area contributed by atoms with Crippen molar-refractivity contribution in [3.05, 3.63) is 34.9 Å². The number of hydrogen-bond acceptors (Lipinski definition) is 2. The second-order valence-corrected chi connectivity index (χ2v) is 4.06. The Bertz CT molecular complexity index is 293. The summed E-state index contributed by atoms with van der Waals surface area (Å²) < 4.78 is 0. The van der Waals surface area contributed by atoms with Crippen LogP contribution in [0.15, 0.2) is 24.3 Å². The molecule has 1 aliphatic rings. The van der Waals surface area contributed by atoms with Crippen molar-refractivity contribution >= 4 is 11.6 Å². The number of halogens is 1. The molecule has 0 radical (unpaired) electrons. The molecule has 1 aromatic rings. The van der Waals surface area contributed by atoms with E-state index in [1.54, 1.807) is 0 Å². The second-order valence-electron chi connectivity index (χ2n) is 3.62. The van der Waals surface area contributed by atoms with Gasteiger partial charge in [-0.15, -0.1) is 0 Å². The lowest BCUT2D eigenvalue weighted by molar-refractivity contribution is 0.553. The summed E-state index contributed by atoms with van der Waals surface area (Å²) in [6.07, 6.45) is 1.19. The number of hydrogen-bond donors (Lipinski definition) is 2. The monoisotopic (exact) mass is 210 g/mol. The average molecular weight is 211 g/mol. The number of rotatable bonds is 1. The summed E-state index contributed by atoms with van der Waals surface area (Å²) in [4.78, 5) is 0. The maximum absolute atomic E-state index is 5.96. The highest BCUT2D eigenvalue weighted by Crippen LogP contribution is 2.17. The zero-order valence-electron chi connectivity index (χ0n) is 8.09. The molecule has 3 heteroatoms. The summed E-state index contributed by atoms with van der Waals surface area (Å²) in [6, 6.07) is 8.47. The highest BCUT2D eigenvalue weighted by atomic mass is 35.5. The van der Waals surface area contributed by atoms with Gasteiger partial charge in [-0.25, -0.2) is 0 Å². The molecule has 1 aromatic carbocycles. The molecule has 0 saturated carbocycles. The van der Waals surface area contributed by atoms with E-state index in [1.165, 1.54) is 12.0 Å². The molecule has 1 aliphatic heterocycles. The third kappa shape index (κ3) is 2.47. The van der Waals surface area contributed by atoms with Crippen molar-refractivity contribution in [3.8, 4) is 0 Å². The minimum atomic E-state index is 0.399. The van der Waals surface area contributed by atoms with E-state index in [2.05, 4.69) is 16.7 Å². The van der Waals surface area contributed by atoms with E-state index in [4.69, 9.17) is 11.6 Å². The summed E-state index contributed by atoms with van der Waals surface area (Å²) in [5.74, 6) is 0. The highest BCUT2D eigenvalue weighted by Gasteiger charge is 2.12. The molecule has 2 rings (SSSR count). The molecular weight excluding hydrogens is 196 g/mol. The van der Waals surface area contributed by atoms with Crippen molar-refractivity contribution in [2.45, 2.75) is 12.5 Å². The first-order valence-electron chi connectivity index (χ1n) is 5.06. The van der Waals surface area contributed by atoms with Gasteiger partial charge in [-0.3, -0.25) is 0 Å². The topological polar surface area (TPSA) is 24.1 Å². The number of benzene rings is 1. The van der Waals surface area contributed by atoms with Crippen molar-refractivity contribution in [2.75, 3.05) is 19.6 Å². The Labute approximate surface area is 89.7 Å². The van der Waals surface area contributed by atoms with Crippen LogP contribution in [0, 0.1) is 0 Å². The predicted octanol–water partition coefficient (Wildman–Crippen LogP) is 1.96. The van der Waals surface area contributed by atoms with Gasteiger partial charge in [-0.1, -0.05) is 23.7 Å². The van der Waals surface area contributed by atoms with E-state index in [0.29, 0.717) is 6.04 Å². The summed E-state index contributed by atoms with van der Waals surface area (Å²) >= 11 is 5.96. The molecule has 0 unspecified atom stereocenters. The number of nitrogens with one attached hydrogen (secondary N) is 2. The Morgan fingerprint density at radius 1 is 1.29 bits per heavy atom. The lowest BCUT2D eigenvalue weighted by Gasteiger charge is -2.16. The van der Waals surface area contributed by atoms with Crippen LogP contribution in [0.5, 0.6) is 0 Å². The first-order valence-corrected chi connectivity index (χ1v) is 5.43. The zero-order valence-corrected chi connectivity index (χ0v) is 8.85. The fourth-order valence-electron chi connectivity index (χ4n) is 1.77. The normalized spacial score (nSPS) is 23.1. The van der Waals surface area contributed by atoms with Gasteiger partial charge in [0.15, 0.2) is 0 Å². The third-order valence-electron chi connectivity index (χ3n) is 2.52. The van der Waals surface area contributed by atoms with E-state index in [1.807, 2.05) is 18.2 Å². The van der Waals surface area contributed by atoms with Crippen molar-refractivity contribution in [2.24, 2.45) is 0 Å². The molecule has 1 atom stereocenters. The Hall–Kier alpha value is -0.570. The predicted molar refractivity (Wildman–Crippen MR) is 59.7 cm³/mol. The molecule has 0 bridgehead atoms. The van der Waals surface area contributed by atoms with Gasteiger partial charge in [0.2, 0.25) is 0 Å². The Kier molecular flexibility index (Phi) is 3.40. The molecule has 1 heterocycles. The van der Waals surface area contributed by atoms with E-state index >= 15 is 0 Å². The van der Waals surface area contributed by atoms with Gasteiger partial charge in [-0.05, 0) is 37.2 Å². The lowest BCUT2D eigenvalue weighted by atomic mass is 10.1. The molecule has 0 aliphatic carbocycles. The molecular formula is C11H15ClN2. The highest BCUT2D eigenvalue weighted by molar-refractivity contribution is 6.30. The minimum Gasteiger partial charge on any atom is -0.315 e. The van der Waals surface area contributed by atoms with Gasteiger partial charge in [0.05, 0.1) is 0 Å². The summed E-state index contributed by atoms with van der Waals surface area (Å²) in [5.41, 5.74) is 1.27. The van der Waals surface area contributed by atoms with Crippen LogP contribution in [0.3, 0.4) is 0 Å². The van der Waals surface area contributed by atoms with Crippen LogP contribution < -0.4 is 10.6 Å². The van der Waals surface area contributed by atoms with Gasteiger partial charge in [0.1, 0.15) is 0 Å². The van der Waals surface area contributed by atoms with Crippen LogP contribution in [-0.4, -0.2) is 19.6 Å². The van der Waals surface area contributed by atoms with E-state index in [0.717, 1.165) is 24.7 Å². The van der Waals surface area contributed by atoms with Crippen LogP contribution in [0.1, 0.15) is 18.0 Å². The smallest absolute Gasteiger partial charge is 0.0447 e. The minimum absolute atomic E-state index is 0.399. The largest absolute Gasteiger partial charge is 0.315 e. The quantitative estimate of drug-likeness (QED) is 0.741. The molecule has 0 amide bonds. The average Bonchev–Trinajstić information content (AvgIpc) is 2.45. The maximum atomic E-state index is 5.96. The van der Waals surface area contributed by atoms with Crippen molar-refractivity contribution in [1.29, 1.82) is 0 Å². The van der Waals surface area contributed by atoms with Gasteiger partial charge in [0.25, 0.3) is 0 Å². The van der Waals surface area contributed by atoms with E-state index < -0.39 is 0 Å². The molecule has 2 N–H and O–H groups in total. The molecule has 76 valence electrons. The molecule has 1 fully saturated rings. The van der Waals surface area contributed by atoms with Crippen LogP contribution in [0.2, 0.25) is 5.02 Å². The summed E-state index contributed by atoms with van der Waals surface area (Å²) in [6.45, 7) is 3.16. The van der Waals surface area contributed by atoms with Crippen LogP contribution in [0.25, 0.3) is 0 Å². The van der Waals surface area contributed by atoms with E-state index in [-0.39, 0.29) is 0 Å². The Balaban J connectivity index is 2.12. The molecule has 1 saturated heterocycles. The van der Waals surface area contributed by atoms with Crippen LogP contribution in [-0.2, 0) is 0 Å². The lowest BCUT2D eigenvalue weighted by Crippen LogP contribution is -2.27. The van der Waals surface area contributed by atoms with E-state index in [9.17, 15) is 0 Å². The van der Waals surface area contributed by atoms with Crippen molar-refractivity contribution in [1.82, 2.24) is 10.6 Å². The van der Waals surface area contributed by atoms with Gasteiger partial charge >= 0.3 is 0 Å². The molecule has 2 nitrogen and oxygen atoms in total. The van der Waals surface area contributed by atoms with Gasteiger partial charge in [-0.2, -0.15) is 0 Å². The first kappa shape index (κ1) is 9.97. The van der Waals surface area contributed by atoms with Gasteiger partial charge < -0.3 is 10.6 Å². The van der Waals surface area contributed by atoms with Crippen molar-refractivity contribution < 1.29 is 0 Å². The molecule has 0 spiro atoms. The Morgan fingerprint density at radius 3 is 3.07 bits per heavy atom. The standard InChI is InChI=1S/C11H15ClN2/c12-10-4-1-3-9(7-10)11-8-13-5-2-6-14-11/h1,3-4,7,11,13-14H,2,5-6,8H2/t11-/m1/s1. The molecule has 0 aromatic heterocycles. The van der Waals surface area contributed by atoms with Gasteiger partial charge in [0, 0.05) is 17.6 Å². The zero-order chi connectivity index (χ0) is 9.80. The second kappa shape index (κ2) is 4.78. The third-order valence-corrected chi connectivity index (χ3v) is 2.76. The maximum Gasteiger partial charge on any atom is 0.0447 e. The van der Waals surface area contributed by atoms with Crippen LogP contribution >= 0.6 is 11.6 Å².